The van der Waals surface area contributed by atoms with Gasteiger partial charge in [-0.2, -0.15) is 5.26 Å². The molecule has 0 amide bonds. The Labute approximate surface area is 74.4 Å². The highest BCUT2D eigenvalue weighted by molar-refractivity contribution is 6.31. The van der Waals surface area contributed by atoms with Crippen LogP contribution in [0.15, 0.2) is 12.1 Å². The lowest BCUT2D eigenvalue weighted by molar-refractivity contribution is 0.620. The van der Waals surface area contributed by atoms with E-state index in [1.54, 1.807) is 0 Å². The minimum atomic E-state index is -0.593. The fraction of sp³-hybridized carbons (Fsp3) is 0.125. The van der Waals surface area contributed by atoms with E-state index in [0.717, 1.165) is 0 Å². The van der Waals surface area contributed by atoms with Gasteiger partial charge in [0.05, 0.1) is 18.2 Å². The van der Waals surface area contributed by atoms with Crippen LogP contribution in [0.25, 0.3) is 0 Å². The maximum atomic E-state index is 13.1. The first-order chi connectivity index (χ1) is 5.66. The topological polar surface area (TPSA) is 49.8 Å². The number of rotatable bonds is 1. The zero-order chi connectivity index (χ0) is 9.14. The lowest BCUT2D eigenvalue weighted by atomic mass is 10.1. The van der Waals surface area contributed by atoms with Gasteiger partial charge in [0.1, 0.15) is 0 Å². The normalized spacial score (nSPS) is 9.42. The number of halogens is 2. The lowest BCUT2D eigenvalue weighted by Gasteiger charge is -2.03. The van der Waals surface area contributed by atoms with E-state index in [9.17, 15) is 4.39 Å². The van der Waals surface area contributed by atoms with Crippen LogP contribution in [0.3, 0.4) is 0 Å². The highest BCUT2D eigenvalue weighted by Crippen LogP contribution is 2.23. The zero-order valence-electron chi connectivity index (χ0n) is 6.14. The summed E-state index contributed by atoms with van der Waals surface area (Å²) in [6.45, 7) is 0. The third-order valence-corrected chi connectivity index (χ3v) is 1.83. The highest BCUT2D eigenvalue weighted by Gasteiger charge is 2.09. The molecule has 0 bridgehead atoms. The van der Waals surface area contributed by atoms with Crippen LogP contribution in [-0.4, -0.2) is 0 Å². The average molecular weight is 185 g/mol. The average Bonchev–Trinajstić information content (AvgIpc) is 2.06. The summed E-state index contributed by atoms with van der Waals surface area (Å²) < 4.78 is 13.1. The molecule has 4 heteroatoms. The molecule has 12 heavy (non-hydrogen) atoms. The Morgan fingerprint density at radius 2 is 2.25 bits per heavy atom. The number of hydrogen-bond donors (Lipinski definition) is 1. The summed E-state index contributed by atoms with van der Waals surface area (Å²) in [6, 6.07) is 4.67. The summed E-state index contributed by atoms with van der Waals surface area (Å²) in [5.41, 5.74) is 5.46. The number of nitriles is 1. The van der Waals surface area contributed by atoms with Gasteiger partial charge in [0.25, 0.3) is 0 Å². The van der Waals surface area contributed by atoms with E-state index in [1.807, 2.05) is 6.07 Å². The molecule has 0 atom stereocenters. The van der Waals surface area contributed by atoms with Crippen molar-refractivity contribution < 1.29 is 4.39 Å². The second-order valence-electron chi connectivity index (χ2n) is 2.26. The summed E-state index contributed by atoms with van der Waals surface area (Å²) in [4.78, 5) is 0. The molecule has 1 aromatic rings. The van der Waals surface area contributed by atoms with Crippen LogP contribution in [0.2, 0.25) is 5.02 Å². The van der Waals surface area contributed by atoms with Crippen LogP contribution >= 0.6 is 11.6 Å². The molecule has 0 spiro atoms. The van der Waals surface area contributed by atoms with Crippen LogP contribution in [0.1, 0.15) is 5.56 Å². The zero-order valence-corrected chi connectivity index (χ0v) is 6.90. The molecule has 0 fully saturated rings. The smallest absolute Gasteiger partial charge is 0.151 e. The SMILES string of the molecule is N#CCc1c(Cl)ccc(N)c1F. The lowest BCUT2D eigenvalue weighted by Crippen LogP contribution is -1.96. The molecule has 0 aliphatic heterocycles. The molecule has 0 aliphatic rings. The molecule has 2 nitrogen and oxygen atoms in total. The van der Waals surface area contributed by atoms with Crippen LogP contribution < -0.4 is 5.73 Å². The number of benzene rings is 1. The Bertz CT molecular complexity index is 344. The van der Waals surface area contributed by atoms with Gasteiger partial charge in [-0.3, -0.25) is 0 Å². The number of nitrogen functional groups attached to an aromatic ring is 1. The second kappa shape index (κ2) is 3.42. The van der Waals surface area contributed by atoms with Crippen LogP contribution in [-0.2, 0) is 6.42 Å². The fourth-order valence-corrected chi connectivity index (χ4v) is 1.07. The van der Waals surface area contributed by atoms with E-state index in [-0.39, 0.29) is 22.7 Å². The second-order valence-corrected chi connectivity index (χ2v) is 2.67. The van der Waals surface area contributed by atoms with Crippen molar-refractivity contribution in [3.05, 3.63) is 28.5 Å². The Morgan fingerprint density at radius 3 is 2.83 bits per heavy atom. The quantitative estimate of drug-likeness (QED) is 0.680. The molecule has 62 valence electrons. The minimum absolute atomic E-state index is 0.0182. The first-order valence-corrected chi connectivity index (χ1v) is 3.64. The van der Waals surface area contributed by atoms with E-state index in [0.29, 0.717) is 0 Å². The Hall–Kier alpha value is -1.27. The number of nitrogens with two attached hydrogens (primary N) is 1. The number of anilines is 1. The maximum Gasteiger partial charge on any atom is 0.151 e. The van der Waals surface area contributed by atoms with Gasteiger partial charge in [-0.15, -0.1) is 0 Å². The van der Waals surface area contributed by atoms with Gasteiger partial charge in [0.15, 0.2) is 5.82 Å². The maximum absolute atomic E-state index is 13.1. The summed E-state index contributed by atoms with van der Waals surface area (Å²) >= 11 is 5.63. The van der Waals surface area contributed by atoms with Crippen LogP contribution in [0, 0.1) is 17.1 Å². The predicted octanol–water partition coefficient (Wildman–Crippen LogP) is 2.13. The molecule has 1 aromatic carbocycles. The third kappa shape index (κ3) is 1.49. The molecule has 0 saturated carbocycles. The van der Waals surface area contributed by atoms with Gasteiger partial charge < -0.3 is 5.73 Å². The van der Waals surface area contributed by atoms with Crippen molar-refractivity contribution in [1.82, 2.24) is 0 Å². The van der Waals surface area contributed by atoms with E-state index >= 15 is 0 Å². The first kappa shape index (κ1) is 8.82. The van der Waals surface area contributed by atoms with Crippen LogP contribution in [0.4, 0.5) is 10.1 Å². The van der Waals surface area contributed by atoms with Gasteiger partial charge >= 0.3 is 0 Å². The van der Waals surface area contributed by atoms with Crippen molar-refractivity contribution >= 4 is 17.3 Å². The fourth-order valence-electron chi connectivity index (χ4n) is 0.857. The van der Waals surface area contributed by atoms with Gasteiger partial charge in [-0.25, -0.2) is 4.39 Å². The largest absolute Gasteiger partial charge is 0.396 e. The summed E-state index contributed by atoms with van der Waals surface area (Å²) in [5.74, 6) is -0.593. The predicted molar refractivity (Wildman–Crippen MR) is 45.1 cm³/mol. The first-order valence-electron chi connectivity index (χ1n) is 3.26. The van der Waals surface area contributed by atoms with Crippen molar-refractivity contribution in [3.8, 4) is 6.07 Å². The van der Waals surface area contributed by atoms with Gasteiger partial charge in [0, 0.05) is 10.6 Å². The van der Waals surface area contributed by atoms with Gasteiger partial charge in [-0.05, 0) is 12.1 Å². The van der Waals surface area contributed by atoms with E-state index in [2.05, 4.69) is 0 Å². The molecule has 0 radical (unpaired) electrons. The molecule has 2 N–H and O–H groups in total. The molecular weight excluding hydrogens is 179 g/mol. The number of nitrogens with zero attached hydrogens (tertiary/aromatic N) is 1. The molecule has 0 saturated heterocycles. The number of hydrogen-bond acceptors (Lipinski definition) is 2. The van der Waals surface area contributed by atoms with Crippen molar-refractivity contribution in [2.75, 3.05) is 5.73 Å². The Morgan fingerprint density at radius 1 is 1.58 bits per heavy atom. The molecule has 0 unspecified atom stereocenters. The monoisotopic (exact) mass is 184 g/mol. The summed E-state index contributed by atoms with van der Waals surface area (Å²) in [5, 5.41) is 8.58. The third-order valence-electron chi connectivity index (χ3n) is 1.47. The van der Waals surface area contributed by atoms with Crippen molar-refractivity contribution in [3.63, 3.8) is 0 Å². The summed E-state index contributed by atoms with van der Waals surface area (Å²) in [7, 11) is 0. The Kier molecular flexibility index (Phi) is 2.51. The van der Waals surface area contributed by atoms with E-state index < -0.39 is 5.82 Å². The van der Waals surface area contributed by atoms with E-state index in [4.69, 9.17) is 22.6 Å². The van der Waals surface area contributed by atoms with Crippen molar-refractivity contribution in [2.24, 2.45) is 0 Å². The standard InChI is InChI=1S/C8H6ClFN2/c9-6-1-2-7(12)8(10)5(6)3-4-11/h1-2H,3,12H2. The molecule has 0 heterocycles. The van der Waals surface area contributed by atoms with Crippen molar-refractivity contribution in [1.29, 1.82) is 5.26 Å². The van der Waals surface area contributed by atoms with Gasteiger partial charge in [-0.1, -0.05) is 11.6 Å². The molecule has 0 aliphatic carbocycles. The molecular formula is C8H6ClFN2. The highest BCUT2D eigenvalue weighted by atomic mass is 35.5. The molecule has 0 aromatic heterocycles. The summed E-state index contributed by atoms with van der Waals surface area (Å²) in [6.07, 6.45) is -0.0598. The molecule has 1 rings (SSSR count). The van der Waals surface area contributed by atoms with E-state index in [1.165, 1.54) is 12.1 Å². The van der Waals surface area contributed by atoms with Gasteiger partial charge in [0.2, 0.25) is 0 Å². The minimum Gasteiger partial charge on any atom is -0.396 e. The van der Waals surface area contributed by atoms with Crippen LogP contribution in [0.5, 0.6) is 0 Å². The Balaban J connectivity index is 3.25. The van der Waals surface area contributed by atoms with Crippen molar-refractivity contribution in [2.45, 2.75) is 6.42 Å².